The molecule has 0 rings (SSSR count). The molecule has 0 N–H and O–H groups in total. The summed E-state index contributed by atoms with van der Waals surface area (Å²) >= 11 is 0. The molecule has 202 valence electrons. The van der Waals surface area contributed by atoms with Crippen molar-refractivity contribution in [3.05, 3.63) is 0 Å². The smallest absolute Gasteiger partial charge is 0.305 e. The molecule has 0 saturated heterocycles. The van der Waals surface area contributed by atoms with E-state index < -0.39 is 0 Å². The van der Waals surface area contributed by atoms with Crippen molar-refractivity contribution in [3.63, 3.8) is 0 Å². The molecular weight excluding hydrogens is 424 g/mol. The third kappa shape index (κ3) is 27.2. The molecule has 0 spiro atoms. The van der Waals surface area contributed by atoms with Crippen molar-refractivity contribution in [2.45, 2.75) is 168 Å². The molecule has 0 saturated carbocycles. The zero-order chi connectivity index (χ0) is 25.0. The Labute approximate surface area is 212 Å². The van der Waals surface area contributed by atoms with Crippen LogP contribution in [0.3, 0.4) is 0 Å². The second kappa shape index (κ2) is 28.2. The van der Waals surface area contributed by atoms with Crippen molar-refractivity contribution in [2.75, 3.05) is 13.2 Å². The summed E-state index contributed by atoms with van der Waals surface area (Å²) in [6.45, 7) is 5.58. The number of unbranched alkanes of at least 4 members (excludes halogenated alkanes) is 19. The molecule has 0 aromatic carbocycles. The van der Waals surface area contributed by atoms with Crippen molar-refractivity contribution in [2.24, 2.45) is 0 Å². The van der Waals surface area contributed by atoms with Gasteiger partial charge in [0.1, 0.15) is 0 Å². The highest BCUT2D eigenvalue weighted by Crippen LogP contribution is 2.13. The van der Waals surface area contributed by atoms with Gasteiger partial charge in [-0.25, -0.2) is 0 Å². The number of ether oxygens (including phenoxy) is 2. The second-order valence-electron chi connectivity index (χ2n) is 10.0. The quantitative estimate of drug-likeness (QED) is 0.0864. The highest BCUT2D eigenvalue weighted by molar-refractivity contribution is 5.69. The molecule has 0 heterocycles. The third-order valence-electron chi connectivity index (χ3n) is 6.53. The average Bonchev–Trinajstić information content (AvgIpc) is 2.83. The van der Waals surface area contributed by atoms with Gasteiger partial charge in [-0.05, 0) is 25.7 Å². The first-order valence-corrected chi connectivity index (χ1v) is 15.0. The highest BCUT2D eigenvalue weighted by Gasteiger charge is 2.04. The first-order chi connectivity index (χ1) is 16.7. The average molecular weight is 483 g/mol. The first kappa shape index (κ1) is 32.9. The minimum atomic E-state index is -0.0534. The minimum Gasteiger partial charge on any atom is -0.466 e. The van der Waals surface area contributed by atoms with E-state index in [9.17, 15) is 9.59 Å². The monoisotopic (exact) mass is 482 g/mol. The summed E-state index contributed by atoms with van der Waals surface area (Å²) < 4.78 is 10.6. The summed E-state index contributed by atoms with van der Waals surface area (Å²) in [6.07, 6.45) is 27.8. The largest absolute Gasteiger partial charge is 0.466 e. The van der Waals surface area contributed by atoms with Crippen LogP contribution in [0, 0.1) is 0 Å². The Bertz CT molecular complexity index is 436. The van der Waals surface area contributed by atoms with E-state index in [4.69, 9.17) is 9.47 Å². The van der Waals surface area contributed by atoms with Crippen molar-refractivity contribution in [1.82, 2.24) is 0 Å². The predicted octanol–water partition coefficient (Wildman–Crippen LogP) is 9.48. The Morgan fingerprint density at radius 1 is 0.382 bits per heavy atom. The van der Waals surface area contributed by atoms with Gasteiger partial charge < -0.3 is 9.47 Å². The fourth-order valence-corrected chi connectivity index (χ4v) is 4.23. The van der Waals surface area contributed by atoms with Crippen LogP contribution >= 0.6 is 0 Å². The maximum atomic E-state index is 11.8. The van der Waals surface area contributed by atoms with Gasteiger partial charge in [0, 0.05) is 12.8 Å². The summed E-state index contributed by atoms with van der Waals surface area (Å²) in [5.41, 5.74) is 0. The van der Waals surface area contributed by atoms with Crippen molar-refractivity contribution in [1.29, 1.82) is 0 Å². The zero-order valence-electron chi connectivity index (χ0n) is 23.0. The highest BCUT2D eigenvalue weighted by atomic mass is 16.5. The van der Waals surface area contributed by atoms with E-state index >= 15 is 0 Å². The standard InChI is InChI=1S/C30H58O4/c1-3-5-7-8-9-10-11-12-13-14-17-20-24-28-34-30(32)26-22-19-16-15-18-21-25-29(31)33-27-23-6-4-2/h3-28H2,1-2H3. The fraction of sp³-hybridized carbons (Fsp3) is 0.933. The van der Waals surface area contributed by atoms with Gasteiger partial charge in [0.15, 0.2) is 0 Å². The van der Waals surface area contributed by atoms with E-state index in [0.717, 1.165) is 64.2 Å². The molecule has 4 heteroatoms. The number of esters is 2. The maximum absolute atomic E-state index is 11.8. The van der Waals surface area contributed by atoms with Gasteiger partial charge in [-0.1, -0.05) is 129 Å². The Morgan fingerprint density at radius 3 is 1.03 bits per heavy atom. The summed E-state index contributed by atoms with van der Waals surface area (Å²) in [5.74, 6) is -0.0906. The Morgan fingerprint density at radius 2 is 0.647 bits per heavy atom. The van der Waals surface area contributed by atoms with Crippen LogP contribution < -0.4 is 0 Å². The van der Waals surface area contributed by atoms with Gasteiger partial charge in [-0.15, -0.1) is 0 Å². The molecule has 0 aliphatic heterocycles. The topological polar surface area (TPSA) is 52.6 Å². The molecule has 0 radical (unpaired) electrons. The van der Waals surface area contributed by atoms with Crippen molar-refractivity contribution < 1.29 is 19.1 Å². The zero-order valence-corrected chi connectivity index (χ0v) is 23.0. The number of hydrogen-bond acceptors (Lipinski definition) is 4. The molecule has 34 heavy (non-hydrogen) atoms. The molecule has 0 atom stereocenters. The molecule has 0 unspecified atom stereocenters. The fourth-order valence-electron chi connectivity index (χ4n) is 4.23. The van der Waals surface area contributed by atoms with Crippen LogP contribution in [0.5, 0.6) is 0 Å². The Hall–Kier alpha value is -1.06. The molecule has 0 aromatic heterocycles. The lowest BCUT2D eigenvalue weighted by molar-refractivity contribution is -0.144. The van der Waals surface area contributed by atoms with Crippen LogP contribution in [-0.4, -0.2) is 25.2 Å². The van der Waals surface area contributed by atoms with E-state index in [0.29, 0.717) is 26.1 Å². The van der Waals surface area contributed by atoms with E-state index in [-0.39, 0.29) is 11.9 Å². The van der Waals surface area contributed by atoms with Gasteiger partial charge in [0.25, 0.3) is 0 Å². The molecule has 4 nitrogen and oxygen atoms in total. The van der Waals surface area contributed by atoms with Crippen LogP contribution in [0.15, 0.2) is 0 Å². The van der Waals surface area contributed by atoms with E-state index in [2.05, 4.69) is 13.8 Å². The van der Waals surface area contributed by atoms with Crippen LogP contribution in [0.2, 0.25) is 0 Å². The van der Waals surface area contributed by atoms with Crippen LogP contribution in [0.1, 0.15) is 168 Å². The summed E-state index contributed by atoms with van der Waals surface area (Å²) in [4.78, 5) is 23.4. The lowest BCUT2D eigenvalue weighted by Crippen LogP contribution is -2.06. The van der Waals surface area contributed by atoms with Gasteiger partial charge in [0.2, 0.25) is 0 Å². The molecule has 0 aliphatic rings. The lowest BCUT2D eigenvalue weighted by atomic mass is 10.0. The summed E-state index contributed by atoms with van der Waals surface area (Å²) in [6, 6.07) is 0. The summed E-state index contributed by atoms with van der Waals surface area (Å²) in [5, 5.41) is 0. The normalized spacial score (nSPS) is 11.0. The third-order valence-corrected chi connectivity index (χ3v) is 6.53. The van der Waals surface area contributed by atoms with Gasteiger partial charge in [-0.2, -0.15) is 0 Å². The van der Waals surface area contributed by atoms with Crippen LogP contribution in [0.4, 0.5) is 0 Å². The van der Waals surface area contributed by atoms with Gasteiger partial charge in [0.05, 0.1) is 13.2 Å². The van der Waals surface area contributed by atoms with E-state index in [1.807, 2.05) is 0 Å². The number of hydrogen-bond donors (Lipinski definition) is 0. The van der Waals surface area contributed by atoms with Gasteiger partial charge in [-0.3, -0.25) is 9.59 Å². The van der Waals surface area contributed by atoms with Crippen molar-refractivity contribution >= 4 is 11.9 Å². The molecular formula is C30H58O4. The lowest BCUT2D eigenvalue weighted by Gasteiger charge is -2.06. The van der Waals surface area contributed by atoms with E-state index in [1.165, 1.54) is 77.0 Å². The van der Waals surface area contributed by atoms with Crippen molar-refractivity contribution in [3.8, 4) is 0 Å². The minimum absolute atomic E-state index is 0.0373. The first-order valence-electron chi connectivity index (χ1n) is 15.0. The molecule has 0 amide bonds. The Balaban J connectivity index is 3.22. The van der Waals surface area contributed by atoms with Gasteiger partial charge >= 0.3 is 11.9 Å². The molecule has 0 bridgehead atoms. The SMILES string of the molecule is CCCCCCCCCCCCCCCOC(=O)CCCCCCCCC(=O)OCCCCC. The molecule has 0 aromatic rings. The summed E-state index contributed by atoms with van der Waals surface area (Å²) in [7, 11) is 0. The predicted molar refractivity (Wildman–Crippen MR) is 144 cm³/mol. The van der Waals surface area contributed by atoms with Crippen LogP contribution in [0.25, 0.3) is 0 Å². The number of carbonyl (C=O) groups is 2. The second-order valence-corrected chi connectivity index (χ2v) is 10.0. The maximum Gasteiger partial charge on any atom is 0.305 e. The van der Waals surface area contributed by atoms with Crippen LogP contribution in [-0.2, 0) is 19.1 Å². The van der Waals surface area contributed by atoms with E-state index in [1.54, 1.807) is 0 Å². The molecule has 0 fully saturated rings. The number of rotatable bonds is 27. The Kier molecular flexibility index (Phi) is 27.3. The molecule has 0 aliphatic carbocycles. The number of carbonyl (C=O) groups excluding carboxylic acids is 2.